The van der Waals surface area contributed by atoms with Crippen molar-refractivity contribution in [3.8, 4) is 11.5 Å². The first kappa shape index (κ1) is 17.5. The largest absolute Gasteiger partial charge is 0.468 e. The molecule has 1 unspecified atom stereocenters. The van der Waals surface area contributed by atoms with Crippen LogP contribution in [-0.2, 0) is 9.53 Å². The molecule has 0 aliphatic rings. The second-order valence-corrected chi connectivity index (χ2v) is 5.25. The highest BCUT2D eigenvalue weighted by molar-refractivity contribution is 6.08. The quantitative estimate of drug-likeness (QED) is 0.312. The van der Waals surface area contributed by atoms with Crippen LogP contribution in [0.1, 0.15) is 23.2 Å². The van der Waals surface area contributed by atoms with Crippen LogP contribution in [0.5, 0.6) is 11.5 Å². The normalized spacial score (nSPS) is 11.4. The predicted octanol–water partition coefficient (Wildman–Crippen LogP) is 4.42. The summed E-state index contributed by atoms with van der Waals surface area (Å²) in [4.78, 5) is 24.6. The lowest BCUT2D eigenvalue weighted by Crippen LogP contribution is -2.25. The van der Waals surface area contributed by atoms with Crippen LogP contribution in [-0.4, -0.2) is 18.9 Å². The Morgan fingerprint density at radius 3 is 2.46 bits per heavy atom. The van der Waals surface area contributed by atoms with E-state index in [1.54, 1.807) is 30.3 Å². The molecule has 1 atom stereocenters. The molecule has 0 saturated heterocycles. The number of allylic oxidation sites excluding steroid dienone is 1. The van der Waals surface area contributed by atoms with E-state index in [0.29, 0.717) is 29.9 Å². The Kier molecular flexibility index (Phi) is 6.32. The fraction of sp³-hybridized carbons (Fsp3) is 0.200. The van der Waals surface area contributed by atoms with Gasteiger partial charge < -0.3 is 9.47 Å². The molecule has 0 spiro atoms. The molecule has 0 radical (unpaired) electrons. The van der Waals surface area contributed by atoms with E-state index in [1.165, 1.54) is 7.11 Å². The number of methoxy groups -OCH3 is 1. The maximum Gasteiger partial charge on any atom is 0.316 e. The Balaban J connectivity index is 2.20. The van der Waals surface area contributed by atoms with Crippen molar-refractivity contribution in [1.29, 1.82) is 0 Å². The highest BCUT2D eigenvalue weighted by Crippen LogP contribution is 2.24. The van der Waals surface area contributed by atoms with Crippen molar-refractivity contribution in [3.05, 3.63) is 72.8 Å². The van der Waals surface area contributed by atoms with Gasteiger partial charge in [0.05, 0.1) is 7.11 Å². The van der Waals surface area contributed by atoms with Gasteiger partial charge in [0.25, 0.3) is 0 Å². The average Bonchev–Trinajstić information content (AvgIpc) is 2.62. The van der Waals surface area contributed by atoms with E-state index in [-0.39, 0.29) is 5.78 Å². The lowest BCUT2D eigenvalue weighted by molar-refractivity contribution is -0.143. The molecule has 0 fully saturated rings. The Morgan fingerprint density at radius 2 is 1.79 bits per heavy atom. The van der Waals surface area contributed by atoms with Crippen molar-refractivity contribution < 1.29 is 19.1 Å². The molecule has 0 bridgehead atoms. The standard InChI is InChI=1S/C20H20O4/c1-3-4-13-18(20(22)23-2)19(21)15-9-8-12-17(14-15)24-16-10-6-5-7-11-16/h3,5-12,14,18H,1,4,13H2,2H3. The molecule has 0 aromatic heterocycles. The fourth-order valence-corrected chi connectivity index (χ4v) is 2.32. The Bertz CT molecular complexity index is 707. The summed E-state index contributed by atoms with van der Waals surface area (Å²) in [6.07, 6.45) is 2.61. The highest BCUT2D eigenvalue weighted by atomic mass is 16.5. The summed E-state index contributed by atoms with van der Waals surface area (Å²) in [6.45, 7) is 3.63. The third-order valence-corrected chi connectivity index (χ3v) is 3.56. The fourth-order valence-electron chi connectivity index (χ4n) is 2.32. The van der Waals surface area contributed by atoms with Gasteiger partial charge in [-0.05, 0) is 37.1 Å². The van der Waals surface area contributed by atoms with Gasteiger partial charge in [0.2, 0.25) is 0 Å². The van der Waals surface area contributed by atoms with E-state index in [0.717, 1.165) is 0 Å². The molecule has 0 aliphatic heterocycles. The minimum Gasteiger partial charge on any atom is -0.468 e. The topological polar surface area (TPSA) is 52.6 Å². The number of para-hydroxylation sites is 1. The molecule has 124 valence electrons. The van der Waals surface area contributed by atoms with Crippen molar-refractivity contribution >= 4 is 11.8 Å². The lowest BCUT2D eigenvalue weighted by atomic mass is 9.93. The van der Waals surface area contributed by atoms with E-state index in [2.05, 4.69) is 6.58 Å². The summed E-state index contributed by atoms with van der Waals surface area (Å²) in [5, 5.41) is 0. The van der Waals surface area contributed by atoms with Crippen molar-refractivity contribution in [2.24, 2.45) is 5.92 Å². The third kappa shape index (κ3) is 4.56. The highest BCUT2D eigenvalue weighted by Gasteiger charge is 2.28. The smallest absolute Gasteiger partial charge is 0.316 e. The zero-order valence-electron chi connectivity index (χ0n) is 13.6. The number of ether oxygens (including phenoxy) is 2. The SMILES string of the molecule is C=CCCC(C(=O)OC)C(=O)c1cccc(Oc2ccccc2)c1. The van der Waals surface area contributed by atoms with E-state index >= 15 is 0 Å². The average molecular weight is 324 g/mol. The van der Waals surface area contributed by atoms with Crippen molar-refractivity contribution in [2.45, 2.75) is 12.8 Å². The summed E-state index contributed by atoms with van der Waals surface area (Å²) in [6, 6.07) is 16.1. The van der Waals surface area contributed by atoms with Crippen LogP contribution < -0.4 is 4.74 Å². The first-order valence-corrected chi connectivity index (χ1v) is 7.71. The molecule has 0 amide bonds. The van der Waals surface area contributed by atoms with Crippen LogP contribution in [0.15, 0.2) is 67.3 Å². The molecule has 0 N–H and O–H groups in total. The lowest BCUT2D eigenvalue weighted by Gasteiger charge is -2.13. The first-order valence-electron chi connectivity index (χ1n) is 7.71. The van der Waals surface area contributed by atoms with E-state index in [1.807, 2.05) is 30.3 Å². The van der Waals surface area contributed by atoms with Gasteiger partial charge in [-0.15, -0.1) is 6.58 Å². The van der Waals surface area contributed by atoms with Crippen molar-refractivity contribution in [2.75, 3.05) is 7.11 Å². The zero-order valence-corrected chi connectivity index (χ0v) is 13.6. The van der Waals surface area contributed by atoms with Crippen LogP contribution in [0.4, 0.5) is 0 Å². The van der Waals surface area contributed by atoms with Gasteiger partial charge in [0.15, 0.2) is 5.78 Å². The molecule has 2 rings (SSSR count). The number of carbonyl (C=O) groups is 2. The molecular formula is C20H20O4. The molecule has 0 heterocycles. The number of hydrogen-bond donors (Lipinski definition) is 0. The van der Waals surface area contributed by atoms with Crippen molar-refractivity contribution in [3.63, 3.8) is 0 Å². The summed E-state index contributed by atoms with van der Waals surface area (Å²) in [7, 11) is 1.28. The molecule has 0 saturated carbocycles. The van der Waals surface area contributed by atoms with E-state index in [9.17, 15) is 9.59 Å². The molecule has 2 aromatic carbocycles. The predicted molar refractivity (Wildman–Crippen MR) is 92.2 cm³/mol. The Morgan fingerprint density at radius 1 is 1.08 bits per heavy atom. The second-order valence-electron chi connectivity index (χ2n) is 5.25. The van der Waals surface area contributed by atoms with Gasteiger partial charge in [-0.25, -0.2) is 0 Å². The third-order valence-electron chi connectivity index (χ3n) is 3.56. The number of ketones is 1. The number of rotatable bonds is 8. The van der Waals surface area contributed by atoms with Crippen LogP contribution in [0.2, 0.25) is 0 Å². The molecular weight excluding hydrogens is 304 g/mol. The van der Waals surface area contributed by atoms with Gasteiger partial charge in [-0.3, -0.25) is 9.59 Å². The zero-order chi connectivity index (χ0) is 17.4. The Hall–Kier alpha value is -2.88. The van der Waals surface area contributed by atoms with Gasteiger partial charge in [-0.1, -0.05) is 36.4 Å². The number of esters is 1. The van der Waals surface area contributed by atoms with Gasteiger partial charge >= 0.3 is 5.97 Å². The summed E-state index contributed by atoms with van der Waals surface area (Å²) in [5.74, 6) is -0.420. The number of hydrogen-bond acceptors (Lipinski definition) is 4. The molecule has 0 aliphatic carbocycles. The number of Topliss-reactive ketones (excluding diaryl/α,β-unsaturated/α-hetero) is 1. The Labute approximate surface area is 141 Å². The molecule has 4 nitrogen and oxygen atoms in total. The number of carbonyl (C=O) groups excluding carboxylic acids is 2. The molecule has 24 heavy (non-hydrogen) atoms. The van der Waals surface area contributed by atoms with Gasteiger partial charge in [0.1, 0.15) is 17.4 Å². The van der Waals surface area contributed by atoms with Crippen LogP contribution in [0.3, 0.4) is 0 Å². The van der Waals surface area contributed by atoms with Crippen LogP contribution in [0.25, 0.3) is 0 Å². The molecule has 4 heteroatoms. The van der Waals surface area contributed by atoms with Gasteiger partial charge in [0, 0.05) is 5.56 Å². The minimum atomic E-state index is -0.833. The maximum absolute atomic E-state index is 12.7. The number of benzene rings is 2. The monoisotopic (exact) mass is 324 g/mol. The maximum atomic E-state index is 12.7. The van der Waals surface area contributed by atoms with Crippen molar-refractivity contribution in [1.82, 2.24) is 0 Å². The minimum absolute atomic E-state index is 0.276. The van der Waals surface area contributed by atoms with Crippen LogP contribution >= 0.6 is 0 Å². The van der Waals surface area contributed by atoms with Crippen LogP contribution in [0, 0.1) is 5.92 Å². The summed E-state index contributed by atoms with van der Waals surface area (Å²) >= 11 is 0. The molecule has 2 aromatic rings. The van der Waals surface area contributed by atoms with Gasteiger partial charge in [-0.2, -0.15) is 0 Å². The summed E-state index contributed by atoms with van der Waals surface area (Å²) in [5.41, 5.74) is 0.419. The first-order chi connectivity index (χ1) is 11.7. The second kappa shape index (κ2) is 8.67. The van der Waals surface area contributed by atoms with E-state index in [4.69, 9.17) is 9.47 Å². The summed E-state index contributed by atoms with van der Waals surface area (Å²) < 4.78 is 10.5. The van der Waals surface area contributed by atoms with E-state index < -0.39 is 11.9 Å².